The number of hydrogen-bond donors (Lipinski definition) is 0. The number of carbonyl (C=O) groups is 1. The smallest absolute Gasteiger partial charge is 0.164 e. The van der Waals surface area contributed by atoms with Crippen LogP contribution in [0.15, 0.2) is 12.1 Å². The number of fused-ring (bicyclic) bond motifs is 1. The zero-order valence-corrected chi connectivity index (χ0v) is 8.38. The van der Waals surface area contributed by atoms with Crippen LogP contribution >= 0.6 is 0 Å². The van der Waals surface area contributed by atoms with Gasteiger partial charge < -0.3 is 9.47 Å². The first kappa shape index (κ1) is 9.96. The van der Waals surface area contributed by atoms with E-state index >= 15 is 0 Å². The molecule has 4 heteroatoms. The van der Waals surface area contributed by atoms with Crippen LogP contribution in [0.1, 0.15) is 12.5 Å². The number of ether oxygens (including phenoxy) is 2. The molecular weight excluding hydrogens is 199 g/mol. The summed E-state index contributed by atoms with van der Waals surface area (Å²) in [5, 5.41) is 0. The van der Waals surface area contributed by atoms with Crippen molar-refractivity contribution >= 4 is 5.78 Å². The van der Waals surface area contributed by atoms with Gasteiger partial charge in [-0.25, -0.2) is 4.39 Å². The van der Waals surface area contributed by atoms with Gasteiger partial charge in [0.25, 0.3) is 0 Å². The number of halogens is 1. The molecule has 0 aromatic heterocycles. The fourth-order valence-corrected chi connectivity index (χ4v) is 1.51. The van der Waals surface area contributed by atoms with Gasteiger partial charge in [0.05, 0.1) is 0 Å². The van der Waals surface area contributed by atoms with Crippen LogP contribution in [0, 0.1) is 5.82 Å². The van der Waals surface area contributed by atoms with Crippen LogP contribution in [-0.4, -0.2) is 19.0 Å². The van der Waals surface area contributed by atoms with Crippen LogP contribution in [0.2, 0.25) is 0 Å². The summed E-state index contributed by atoms with van der Waals surface area (Å²) in [7, 11) is 0. The minimum Gasteiger partial charge on any atom is -0.486 e. The minimum absolute atomic E-state index is 0.0782. The standard InChI is InChI=1S/C11H11FO3/c1-7(13)4-8-5-10-11(6-9(8)12)15-3-2-14-10/h5-6H,2-4H2,1H3. The van der Waals surface area contributed by atoms with E-state index in [1.807, 2.05) is 0 Å². The normalized spacial score (nSPS) is 13.7. The van der Waals surface area contributed by atoms with Gasteiger partial charge in [0.1, 0.15) is 24.8 Å². The molecule has 0 saturated carbocycles. The molecule has 15 heavy (non-hydrogen) atoms. The van der Waals surface area contributed by atoms with Crippen LogP contribution < -0.4 is 9.47 Å². The Morgan fingerprint density at radius 1 is 1.33 bits per heavy atom. The lowest BCUT2D eigenvalue weighted by molar-refractivity contribution is -0.116. The average Bonchev–Trinajstić information content (AvgIpc) is 2.18. The van der Waals surface area contributed by atoms with Crippen molar-refractivity contribution in [3.63, 3.8) is 0 Å². The van der Waals surface area contributed by atoms with Crippen molar-refractivity contribution < 1.29 is 18.7 Å². The highest BCUT2D eigenvalue weighted by Gasteiger charge is 2.16. The van der Waals surface area contributed by atoms with Crippen molar-refractivity contribution in [2.75, 3.05) is 13.2 Å². The zero-order chi connectivity index (χ0) is 10.8. The van der Waals surface area contributed by atoms with Gasteiger partial charge in [0.2, 0.25) is 0 Å². The van der Waals surface area contributed by atoms with Gasteiger partial charge in [-0.2, -0.15) is 0 Å². The Kier molecular flexibility index (Phi) is 2.58. The summed E-state index contributed by atoms with van der Waals surface area (Å²) >= 11 is 0. The maximum Gasteiger partial charge on any atom is 0.164 e. The van der Waals surface area contributed by atoms with Gasteiger partial charge in [-0.05, 0) is 18.6 Å². The predicted molar refractivity (Wildman–Crippen MR) is 51.8 cm³/mol. The summed E-state index contributed by atoms with van der Waals surface area (Å²) < 4.78 is 24.0. The molecule has 80 valence electrons. The molecule has 0 aliphatic carbocycles. The number of hydrogen-bond acceptors (Lipinski definition) is 3. The molecule has 1 aromatic carbocycles. The SMILES string of the molecule is CC(=O)Cc1cc2c(cc1F)OCCO2. The molecule has 0 saturated heterocycles. The topological polar surface area (TPSA) is 35.5 Å². The largest absolute Gasteiger partial charge is 0.486 e. The molecule has 1 aromatic rings. The van der Waals surface area contributed by atoms with E-state index in [1.54, 1.807) is 0 Å². The zero-order valence-electron chi connectivity index (χ0n) is 8.38. The van der Waals surface area contributed by atoms with Crippen LogP contribution in [0.25, 0.3) is 0 Å². The molecular formula is C11H11FO3. The molecule has 0 spiro atoms. The monoisotopic (exact) mass is 210 g/mol. The lowest BCUT2D eigenvalue weighted by Crippen LogP contribution is -2.16. The third-order valence-corrected chi connectivity index (χ3v) is 2.15. The van der Waals surface area contributed by atoms with Crippen LogP contribution in [0.5, 0.6) is 11.5 Å². The molecule has 3 nitrogen and oxygen atoms in total. The molecule has 2 rings (SSSR count). The summed E-state index contributed by atoms with van der Waals surface area (Å²) in [4.78, 5) is 10.9. The summed E-state index contributed by atoms with van der Waals surface area (Å²) in [6, 6.07) is 2.80. The molecule has 0 amide bonds. The Balaban J connectivity index is 2.36. The Labute approximate surface area is 86.8 Å². The van der Waals surface area contributed by atoms with E-state index in [2.05, 4.69) is 0 Å². The third kappa shape index (κ3) is 2.09. The van der Waals surface area contributed by atoms with E-state index in [0.717, 1.165) is 0 Å². The third-order valence-electron chi connectivity index (χ3n) is 2.15. The molecule has 0 unspecified atom stereocenters. The molecule has 0 fully saturated rings. The van der Waals surface area contributed by atoms with Crippen LogP contribution in [-0.2, 0) is 11.2 Å². The van der Waals surface area contributed by atoms with Gasteiger partial charge in [-0.1, -0.05) is 0 Å². The van der Waals surface area contributed by atoms with Crippen molar-refractivity contribution in [2.24, 2.45) is 0 Å². The summed E-state index contributed by atoms with van der Waals surface area (Å²) in [5.41, 5.74) is 0.353. The highest BCUT2D eigenvalue weighted by molar-refractivity contribution is 5.78. The fourth-order valence-electron chi connectivity index (χ4n) is 1.51. The molecule has 0 atom stereocenters. The molecule has 1 aliphatic rings. The van der Waals surface area contributed by atoms with Gasteiger partial charge in [-0.15, -0.1) is 0 Å². The number of carbonyl (C=O) groups excluding carboxylic acids is 1. The molecule has 1 aliphatic heterocycles. The van der Waals surface area contributed by atoms with Crippen LogP contribution in [0.4, 0.5) is 4.39 Å². The number of Topliss-reactive ketones (excluding diaryl/α,β-unsaturated/α-hetero) is 1. The Morgan fingerprint density at radius 2 is 1.93 bits per heavy atom. The van der Waals surface area contributed by atoms with Gasteiger partial charge in [0.15, 0.2) is 11.5 Å². The minimum atomic E-state index is -0.422. The first-order valence-electron chi connectivity index (χ1n) is 4.74. The predicted octanol–water partition coefficient (Wildman–Crippen LogP) is 1.73. The number of ketones is 1. The van der Waals surface area contributed by atoms with E-state index in [-0.39, 0.29) is 12.2 Å². The highest BCUT2D eigenvalue weighted by Crippen LogP contribution is 2.32. The Bertz CT molecular complexity index is 401. The highest BCUT2D eigenvalue weighted by atomic mass is 19.1. The maximum absolute atomic E-state index is 13.5. The van der Waals surface area contributed by atoms with Crippen molar-refractivity contribution in [3.05, 3.63) is 23.5 Å². The van der Waals surface area contributed by atoms with Crippen molar-refractivity contribution in [1.82, 2.24) is 0 Å². The molecule has 0 radical (unpaired) electrons. The summed E-state index contributed by atoms with van der Waals surface area (Å²) in [5.74, 6) is 0.421. The van der Waals surface area contributed by atoms with Crippen molar-refractivity contribution in [1.29, 1.82) is 0 Å². The van der Waals surface area contributed by atoms with Crippen molar-refractivity contribution in [3.8, 4) is 11.5 Å². The van der Waals surface area contributed by atoms with E-state index < -0.39 is 5.82 Å². The molecule has 1 heterocycles. The molecule has 0 N–H and O–H groups in total. The Morgan fingerprint density at radius 3 is 2.53 bits per heavy atom. The second-order valence-corrected chi connectivity index (χ2v) is 3.47. The van der Waals surface area contributed by atoms with E-state index in [9.17, 15) is 9.18 Å². The van der Waals surface area contributed by atoms with Gasteiger partial charge >= 0.3 is 0 Å². The lowest BCUT2D eigenvalue weighted by Gasteiger charge is -2.19. The van der Waals surface area contributed by atoms with Gasteiger partial charge in [0, 0.05) is 12.5 Å². The maximum atomic E-state index is 13.5. The van der Waals surface area contributed by atoms with Gasteiger partial charge in [-0.3, -0.25) is 4.79 Å². The second kappa shape index (κ2) is 3.88. The van der Waals surface area contributed by atoms with Crippen LogP contribution in [0.3, 0.4) is 0 Å². The Hall–Kier alpha value is -1.58. The first-order chi connectivity index (χ1) is 7.16. The second-order valence-electron chi connectivity index (χ2n) is 3.47. The van der Waals surface area contributed by atoms with E-state index in [1.165, 1.54) is 19.1 Å². The van der Waals surface area contributed by atoms with Crippen molar-refractivity contribution in [2.45, 2.75) is 13.3 Å². The van der Waals surface area contributed by atoms with E-state index in [0.29, 0.717) is 30.3 Å². The molecule has 0 bridgehead atoms. The first-order valence-corrected chi connectivity index (χ1v) is 4.74. The number of benzene rings is 1. The number of rotatable bonds is 2. The van der Waals surface area contributed by atoms with E-state index in [4.69, 9.17) is 9.47 Å². The lowest BCUT2D eigenvalue weighted by atomic mass is 10.1. The quantitative estimate of drug-likeness (QED) is 0.745. The summed E-state index contributed by atoms with van der Waals surface area (Å²) in [6.45, 7) is 2.31. The fraction of sp³-hybridized carbons (Fsp3) is 0.364. The average molecular weight is 210 g/mol. The summed E-state index contributed by atoms with van der Waals surface area (Å²) in [6.07, 6.45) is 0.0858.